The average molecular weight is 500 g/mol. The molecule has 1 amide bonds. The van der Waals surface area contributed by atoms with Crippen LogP contribution in [0, 0.1) is 6.92 Å². The zero-order valence-corrected chi connectivity index (χ0v) is 19.9. The molecule has 1 heterocycles. The summed E-state index contributed by atoms with van der Waals surface area (Å²) in [5, 5.41) is 11.8. The SMILES string of the molecule is Cc1cc(-c2ccc(C(=O)OC(C)(C)C)cc2)cc(NC(=O)c2ccc(C(F)(F)F)cc2C(=O)O)n1. The van der Waals surface area contributed by atoms with E-state index in [1.807, 2.05) is 0 Å². The molecule has 3 aromatic rings. The van der Waals surface area contributed by atoms with Crippen molar-refractivity contribution in [1.29, 1.82) is 0 Å². The van der Waals surface area contributed by atoms with Gasteiger partial charge in [-0.2, -0.15) is 13.2 Å². The number of nitrogens with one attached hydrogen (secondary N) is 1. The summed E-state index contributed by atoms with van der Waals surface area (Å²) < 4.78 is 44.3. The van der Waals surface area contributed by atoms with Crippen molar-refractivity contribution in [2.24, 2.45) is 0 Å². The van der Waals surface area contributed by atoms with E-state index in [4.69, 9.17) is 4.74 Å². The van der Waals surface area contributed by atoms with Crippen LogP contribution in [0.4, 0.5) is 19.0 Å². The average Bonchev–Trinajstić information content (AvgIpc) is 2.76. The Morgan fingerprint density at radius 3 is 2.08 bits per heavy atom. The van der Waals surface area contributed by atoms with Crippen LogP contribution in [0.3, 0.4) is 0 Å². The maximum Gasteiger partial charge on any atom is 0.416 e. The van der Waals surface area contributed by atoms with Crippen molar-refractivity contribution >= 4 is 23.7 Å². The third-order valence-corrected chi connectivity index (χ3v) is 4.87. The third kappa shape index (κ3) is 6.47. The van der Waals surface area contributed by atoms with E-state index in [9.17, 15) is 32.7 Å². The Labute approximate surface area is 204 Å². The predicted octanol–water partition coefficient (Wildman–Crippen LogP) is 5.98. The molecule has 1 aromatic heterocycles. The zero-order valence-electron chi connectivity index (χ0n) is 19.9. The number of esters is 1. The number of rotatable bonds is 5. The molecule has 0 radical (unpaired) electrons. The quantitative estimate of drug-likeness (QED) is 0.418. The van der Waals surface area contributed by atoms with E-state index < -0.39 is 46.3 Å². The first kappa shape index (κ1) is 26.4. The van der Waals surface area contributed by atoms with E-state index in [-0.39, 0.29) is 5.82 Å². The lowest BCUT2D eigenvalue weighted by molar-refractivity contribution is -0.137. The highest BCUT2D eigenvalue weighted by molar-refractivity contribution is 6.10. The van der Waals surface area contributed by atoms with E-state index in [0.717, 1.165) is 6.07 Å². The fraction of sp³-hybridized carbons (Fsp3) is 0.231. The highest BCUT2D eigenvalue weighted by atomic mass is 19.4. The van der Waals surface area contributed by atoms with Crippen molar-refractivity contribution in [2.75, 3.05) is 5.32 Å². The molecule has 0 bridgehead atoms. The Hall–Kier alpha value is -4.21. The first-order valence-corrected chi connectivity index (χ1v) is 10.7. The van der Waals surface area contributed by atoms with Crippen molar-refractivity contribution in [3.8, 4) is 11.1 Å². The summed E-state index contributed by atoms with van der Waals surface area (Å²) in [6.45, 7) is 6.96. The number of pyridine rings is 1. The summed E-state index contributed by atoms with van der Waals surface area (Å²) in [5.41, 5.74) is -0.833. The van der Waals surface area contributed by atoms with Gasteiger partial charge in [0.25, 0.3) is 5.91 Å². The first-order chi connectivity index (χ1) is 16.6. The molecule has 0 aliphatic carbocycles. The Bertz CT molecular complexity index is 1330. The van der Waals surface area contributed by atoms with Gasteiger partial charge in [-0.15, -0.1) is 0 Å². The minimum atomic E-state index is -4.76. The van der Waals surface area contributed by atoms with Crippen LogP contribution in [0.2, 0.25) is 0 Å². The number of aromatic carboxylic acids is 1. The first-order valence-electron chi connectivity index (χ1n) is 10.7. The smallest absolute Gasteiger partial charge is 0.416 e. The van der Waals surface area contributed by atoms with Gasteiger partial charge in [0.05, 0.1) is 22.3 Å². The van der Waals surface area contributed by atoms with Crippen molar-refractivity contribution in [3.05, 3.63) is 82.5 Å². The topological polar surface area (TPSA) is 106 Å². The number of carboxylic acids is 1. The summed E-state index contributed by atoms with van der Waals surface area (Å²) in [4.78, 5) is 40.7. The molecule has 10 heteroatoms. The molecule has 0 atom stereocenters. The van der Waals surface area contributed by atoms with Gasteiger partial charge in [0.1, 0.15) is 11.4 Å². The van der Waals surface area contributed by atoms with Gasteiger partial charge in [0.15, 0.2) is 0 Å². The molecular weight excluding hydrogens is 477 g/mol. The second-order valence-electron chi connectivity index (χ2n) is 8.98. The van der Waals surface area contributed by atoms with Crippen molar-refractivity contribution in [3.63, 3.8) is 0 Å². The Balaban J connectivity index is 1.87. The number of benzene rings is 2. The molecule has 0 unspecified atom stereocenters. The van der Waals surface area contributed by atoms with Gasteiger partial charge in [-0.1, -0.05) is 12.1 Å². The van der Waals surface area contributed by atoms with Crippen LogP contribution in [0.1, 0.15) is 63.1 Å². The van der Waals surface area contributed by atoms with E-state index in [1.165, 1.54) is 6.07 Å². The second kappa shape index (κ2) is 9.80. The molecule has 0 aliphatic rings. The van der Waals surface area contributed by atoms with Gasteiger partial charge < -0.3 is 15.2 Å². The molecule has 2 aromatic carbocycles. The number of halogens is 3. The van der Waals surface area contributed by atoms with E-state index >= 15 is 0 Å². The number of alkyl halides is 3. The van der Waals surface area contributed by atoms with Gasteiger partial charge in [0.2, 0.25) is 0 Å². The van der Waals surface area contributed by atoms with Gasteiger partial charge in [-0.3, -0.25) is 4.79 Å². The fourth-order valence-electron chi connectivity index (χ4n) is 3.31. The van der Waals surface area contributed by atoms with Crippen LogP contribution in [0.15, 0.2) is 54.6 Å². The molecular formula is C26H23F3N2O5. The number of hydrogen-bond acceptors (Lipinski definition) is 5. The van der Waals surface area contributed by atoms with Crippen molar-refractivity contribution in [2.45, 2.75) is 39.5 Å². The highest BCUT2D eigenvalue weighted by Crippen LogP contribution is 2.31. The summed E-state index contributed by atoms with van der Waals surface area (Å²) >= 11 is 0. The normalized spacial score (nSPS) is 11.6. The number of amides is 1. The zero-order chi connectivity index (χ0) is 26.8. The lowest BCUT2D eigenvalue weighted by Gasteiger charge is -2.19. The highest BCUT2D eigenvalue weighted by Gasteiger charge is 2.32. The number of carboxylic acid groups (broad SMARTS) is 1. The molecule has 0 fully saturated rings. The molecule has 3 rings (SSSR count). The van der Waals surface area contributed by atoms with Gasteiger partial charge in [0, 0.05) is 5.69 Å². The molecule has 2 N–H and O–H groups in total. The fourth-order valence-corrected chi connectivity index (χ4v) is 3.31. The minimum Gasteiger partial charge on any atom is -0.478 e. The van der Waals surface area contributed by atoms with Crippen LogP contribution in [0.25, 0.3) is 11.1 Å². The number of hydrogen-bond donors (Lipinski definition) is 2. The molecule has 7 nitrogen and oxygen atoms in total. The standard InChI is InChI=1S/C26H23F3N2O5/c1-14-11-17(15-5-7-16(8-6-15)24(35)36-25(2,3)4)12-21(30-14)31-22(32)19-10-9-18(26(27,28)29)13-20(19)23(33)34/h5-13H,1-4H3,(H,33,34)(H,30,31,32). The number of aryl methyl sites for hydroxylation is 1. The van der Waals surface area contributed by atoms with Crippen LogP contribution < -0.4 is 5.32 Å². The largest absolute Gasteiger partial charge is 0.478 e. The number of anilines is 1. The minimum absolute atomic E-state index is 0.0717. The van der Waals surface area contributed by atoms with Crippen LogP contribution >= 0.6 is 0 Å². The Morgan fingerprint density at radius 1 is 0.889 bits per heavy atom. The molecule has 188 valence electrons. The summed E-state index contributed by atoms with van der Waals surface area (Å²) in [6.07, 6.45) is -4.76. The number of aromatic nitrogens is 1. The molecule has 0 saturated heterocycles. The molecule has 0 spiro atoms. The maximum absolute atomic E-state index is 13.0. The monoisotopic (exact) mass is 500 g/mol. The Morgan fingerprint density at radius 2 is 1.53 bits per heavy atom. The van der Waals surface area contributed by atoms with Crippen molar-refractivity contribution < 1.29 is 37.4 Å². The van der Waals surface area contributed by atoms with Gasteiger partial charge >= 0.3 is 18.1 Å². The van der Waals surface area contributed by atoms with E-state index in [2.05, 4.69) is 10.3 Å². The number of nitrogens with zero attached hydrogens (tertiary/aromatic N) is 1. The van der Waals surface area contributed by atoms with Gasteiger partial charge in [-0.05, 0) is 81.3 Å². The number of ether oxygens (including phenoxy) is 1. The third-order valence-electron chi connectivity index (χ3n) is 4.87. The summed E-state index contributed by atoms with van der Waals surface area (Å²) in [5.74, 6) is -3.00. The maximum atomic E-state index is 13.0. The molecule has 0 saturated carbocycles. The number of carbonyl (C=O) groups excluding carboxylic acids is 2. The van der Waals surface area contributed by atoms with Crippen molar-refractivity contribution in [1.82, 2.24) is 4.98 Å². The number of carbonyl (C=O) groups is 3. The van der Waals surface area contributed by atoms with Crippen LogP contribution in [-0.2, 0) is 10.9 Å². The second-order valence-corrected chi connectivity index (χ2v) is 8.98. The Kier molecular flexibility index (Phi) is 7.19. The summed E-state index contributed by atoms with van der Waals surface area (Å²) in [6, 6.07) is 11.7. The van der Waals surface area contributed by atoms with Gasteiger partial charge in [-0.25, -0.2) is 14.6 Å². The molecule has 0 aliphatic heterocycles. The lowest BCUT2D eigenvalue weighted by Crippen LogP contribution is -2.23. The van der Waals surface area contributed by atoms with E-state index in [1.54, 1.807) is 58.0 Å². The van der Waals surface area contributed by atoms with Crippen LogP contribution in [0.5, 0.6) is 0 Å². The lowest BCUT2D eigenvalue weighted by atomic mass is 10.0. The summed E-state index contributed by atoms with van der Waals surface area (Å²) in [7, 11) is 0. The molecule has 36 heavy (non-hydrogen) atoms. The van der Waals surface area contributed by atoms with E-state index in [0.29, 0.717) is 34.5 Å². The van der Waals surface area contributed by atoms with Crippen LogP contribution in [-0.4, -0.2) is 33.5 Å². The predicted molar refractivity (Wildman–Crippen MR) is 126 cm³/mol.